The fourth-order valence-corrected chi connectivity index (χ4v) is 3.81. The van der Waals surface area contributed by atoms with Gasteiger partial charge >= 0.3 is 0 Å². The monoisotopic (exact) mass is 359 g/mol. The average Bonchev–Trinajstić information content (AvgIpc) is 2.62. The SMILES string of the molecule is COc1ccc(C(C)(C)CC(C=C(C)C)NCCC2CCOCC2)cc1. The van der Waals surface area contributed by atoms with Crippen LogP contribution in [0.15, 0.2) is 35.9 Å². The molecule has 0 aliphatic carbocycles. The molecule has 1 N–H and O–H groups in total. The van der Waals surface area contributed by atoms with Gasteiger partial charge in [0.25, 0.3) is 0 Å². The van der Waals surface area contributed by atoms with Gasteiger partial charge < -0.3 is 14.8 Å². The lowest BCUT2D eigenvalue weighted by Gasteiger charge is -2.31. The van der Waals surface area contributed by atoms with Crippen LogP contribution < -0.4 is 10.1 Å². The van der Waals surface area contributed by atoms with Crippen molar-refractivity contribution in [3.63, 3.8) is 0 Å². The zero-order chi connectivity index (χ0) is 19.0. The van der Waals surface area contributed by atoms with E-state index in [-0.39, 0.29) is 5.41 Å². The van der Waals surface area contributed by atoms with Crippen LogP contribution in [0, 0.1) is 5.92 Å². The van der Waals surface area contributed by atoms with E-state index in [1.54, 1.807) is 7.11 Å². The highest BCUT2D eigenvalue weighted by molar-refractivity contribution is 5.32. The molecule has 2 rings (SSSR count). The second-order valence-electron chi connectivity index (χ2n) is 8.47. The fourth-order valence-electron chi connectivity index (χ4n) is 3.81. The molecule has 1 heterocycles. The zero-order valence-electron chi connectivity index (χ0n) is 17.3. The summed E-state index contributed by atoms with van der Waals surface area (Å²) in [6, 6.07) is 8.91. The molecule has 1 atom stereocenters. The molecule has 3 heteroatoms. The first-order chi connectivity index (χ1) is 12.4. The average molecular weight is 360 g/mol. The highest BCUT2D eigenvalue weighted by Crippen LogP contribution is 2.30. The Balaban J connectivity index is 1.95. The Morgan fingerprint density at radius 3 is 2.46 bits per heavy atom. The second-order valence-corrected chi connectivity index (χ2v) is 8.47. The quantitative estimate of drug-likeness (QED) is 0.622. The molecule has 1 aliphatic rings. The zero-order valence-corrected chi connectivity index (χ0v) is 17.3. The highest BCUT2D eigenvalue weighted by atomic mass is 16.5. The number of hydrogen-bond acceptors (Lipinski definition) is 3. The van der Waals surface area contributed by atoms with E-state index >= 15 is 0 Å². The van der Waals surface area contributed by atoms with Crippen LogP contribution in [0.2, 0.25) is 0 Å². The van der Waals surface area contributed by atoms with Crippen molar-refractivity contribution in [1.29, 1.82) is 0 Å². The normalized spacial score (nSPS) is 17.0. The van der Waals surface area contributed by atoms with Gasteiger partial charge in [0, 0.05) is 19.3 Å². The van der Waals surface area contributed by atoms with E-state index in [2.05, 4.69) is 63.4 Å². The topological polar surface area (TPSA) is 30.5 Å². The molecule has 1 saturated heterocycles. The lowest BCUT2D eigenvalue weighted by atomic mass is 9.78. The maximum atomic E-state index is 5.47. The molecule has 0 aromatic heterocycles. The van der Waals surface area contributed by atoms with E-state index in [4.69, 9.17) is 9.47 Å². The summed E-state index contributed by atoms with van der Waals surface area (Å²) in [5.41, 5.74) is 2.84. The molecule has 146 valence electrons. The van der Waals surface area contributed by atoms with Crippen LogP contribution in [0.1, 0.15) is 58.9 Å². The Kier molecular flexibility index (Phi) is 8.17. The number of ether oxygens (including phenoxy) is 2. The lowest BCUT2D eigenvalue weighted by Crippen LogP contribution is -2.36. The van der Waals surface area contributed by atoms with Crippen molar-refractivity contribution in [3.8, 4) is 5.75 Å². The molecule has 0 amide bonds. The summed E-state index contributed by atoms with van der Waals surface area (Å²) in [5.74, 6) is 1.73. The van der Waals surface area contributed by atoms with Crippen molar-refractivity contribution in [3.05, 3.63) is 41.5 Å². The number of rotatable bonds is 9. The minimum atomic E-state index is 0.106. The van der Waals surface area contributed by atoms with Gasteiger partial charge in [-0.3, -0.25) is 0 Å². The molecule has 1 aromatic rings. The summed E-state index contributed by atoms with van der Waals surface area (Å²) in [7, 11) is 1.72. The van der Waals surface area contributed by atoms with E-state index in [0.29, 0.717) is 6.04 Å². The highest BCUT2D eigenvalue weighted by Gasteiger charge is 2.24. The number of methoxy groups -OCH3 is 1. The minimum Gasteiger partial charge on any atom is -0.497 e. The van der Waals surface area contributed by atoms with Crippen LogP contribution in [0.25, 0.3) is 0 Å². The van der Waals surface area contributed by atoms with Crippen LogP contribution in [-0.4, -0.2) is 32.9 Å². The van der Waals surface area contributed by atoms with E-state index in [9.17, 15) is 0 Å². The van der Waals surface area contributed by atoms with Crippen molar-refractivity contribution in [2.24, 2.45) is 5.92 Å². The van der Waals surface area contributed by atoms with Crippen molar-refractivity contribution in [2.75, 3.05) is 26.9 Å². The van der Waals surface area contributed by atoms with Crippen LogP contribution in [0.4, 0.5) is 0 Å². The van der Waals surface area contributed by atoms with Crippen LogP contribution in [-0.2, 0) is 10.2 Å². The van der Waals surface area contributed by atoms with Crippen LogP contribution in [0.5, 0.6) is 5.75 Å². The molecular formula is C23H37NO2. The smallest absolute Gasteiger partial charge is 0.118 e. The first kappa shape index (κ1) is 21.0. The molecule has 1 unspecified atom stereocenters. The summed E-state index contributed by atoms with van der Waals surface area (Å²) < 4.78 is 10.8. The number of allylic oxidation sites excluding steroid dienone is 1. The molecule has 1 aromatic carbocycles. The molecule has 0 saturated carbocycles. The van der Waals surface area contributed by atoms with E-state index in [0.717, 1.165) is 37.8 Å². The standard InChI is InChI=1S/C23H37NO2/c1-18(2)16-21(24-13-10-19-11-14-26-15-12-19)17-23(3,4)20-6-8-22(25-5)9-7-20/h6-9,16,19,21,24H,10-15,17H2,1-5H3. The summed E-state index contributed by atoms with van der Waals surface area (Å²) in [6.07, 6.45) is 7.14. The Hall–Kier alpha value is -1.32. The van der Waals surface area contributed by atoms with Gasteiger partial charge in [-0.1, -0.05) is 37.6 Å². The molecule has 0 spiro atoms. The van der Waals surface area contributed by atoms with Gasteiger partial charge in [0.15, 0.2) is 0 Å². The van der Waals surface area contributed by atoms with Gasteiger partial charge in [0.1, 0.15) is 5.75 Å². The molecule has 0 radical (unpaired) electrons. The minimum absolute atomic E-state index is 0.106. The first-order valence-electron chi connectivity index (χ1n) is 10.0. The Labute approximate surface area is 160 Å². The van der Waals surface area contributed by atoms with Gasteiger partial charge in [-0.2, -0.15) is 0 Å². The second kappa shape index (κ2) is 10.1. The number of nitrogens with one attached hydrogen (secondary N) is 1. The van der Waals surface area contributed by atoms with Crippen LogP contribution in [0.3, 0.4) is 0 Å². The van der Waals surface area contributed by atoms with Gasteiger partial charge in [-0.25, -0.2) is 0 Å². The molecule has 26 heavy (non-hydrogen) atoms. The largest absolute Gasteiger partial charge is 0.497 e. The van der Waals surface area contributed by atoms with Crippen molar-refractivity contribution >= 4 is 0 Å². The van der Waals surface area contributed by atoms with Crippen molar-refractivity contribution < 1.29 is 9.47 Å². The molecule has 1 aliphatic heterocycles. The molecular weight excluding hydrogens is 322 g/mol. The Morgan fingerprint density at radius 1 is 1.23 bits per heavy atom. The fraction of sp³-hybridized carbons (Fsp3) is 0.652. The predicted octanol–water partition coefficient (Wildman–Crippen LogP) is 5.10. The summed E-state index contributed by atoms with van der Waals surface area (Å²) in [6.45, 7) is 12.0. The molecule has 0 bridgehead atoms. The van der Waals surface area contributed by atoms with Gasteiger partial charge in [-0.05, 0) is 75.1 Å². The third-order valence-electron chi connectivity index (χ3n) is 5.44. The van der Waals surface area contributed by atoms with E-state index < -0.39 is 0 Å². The third-order valence-corrected chi connectivity index (χ3v) is 5.44. The summed E-state index contributed by atoms with van der Waals surface area (Å²) >= 11 is 0. The van der Waals surface area contributed by atoms with E-state index in [1.807, 2.05) is 0 Å². The Bertz CT molecular complexity index is 552. The van der Waals surface area contributed by atoms with Gasteiger partial charge in [0.2, 0.25) is 0 Å². The van der Waals surface area contributed by atoms with Crippen LogP contribution >= 0.6 is 0 Å². The maximum absolute atomic E-state index is 5.47. The maximum Gasteiger partial charge on any atom is 0.118 e. The van der Waals surface area contributed by atoms with Gasteiger partial charge in [0.05, 0.1) is 7.11 Å². The van der Waals surface area contributed by atoms with Crippen molar-refractivity contribution in [1.82, 2.24) is 5.32 Å². The Morgan fingerprint density at radius 2 is 1.88 bits per heavy atom. The third kappa shape index (κ3) is 6.77. The predicted molar refractivity (Wildman–Crippen MR) is 110 cm³/mol. The van der Waals surface area contributed by atoms with Crippen molar-refractivity contribution in [2.45, 2.75) is 64.8 Å². The summed E-state index contributed by atoms with van der Waals surface area (Å²) in [4.78, 5) is 0. The molecule has 3 nitrogen and oxygen atoms in total. The number of hydrogen-bond donors (Lipinski definition) is 1. The number of benzene rings is 1. The first-order valence-corrected chi connectivity index (χ1v) is 10.0. The molecule has 1 fully saturated rings. The lowest BCUT2D eigenvalue weighted by molar-refractivity contribution is 0.0638. The van der Waals surface area contributed by atoms with Gasteiger partial charge in [-0.15, -0.1) is 0 Å². The van der Waals surface area contributed by atoms with E-state index in [1.165, 1.54) is 30.4 Å². The summed E-state index contributed by atoms with van der Waals surface area (Å²) in [5, 5.41) is 3.80.